The molecule has 4 nitrogen and oxygen atoms in total. The van der Waals surface area contributed by atoms with Gasteiger partial charge < -0.3 is 14.5 Å². The molecule has 7 aromatic rings. The number of hydrogen-bond acceptors (Lipinski definition) is 5. The Labute approximate surface area is 238 Å². The molecule has 189 valence electrons. The van der Waals surface area contributed by atoms with E-state index in [2.05, 4.69) is 83.7 Å². The number of fused-ring (bicyclic) bond motifs is 4. The second-order valence-corrected chi connectivity index (χ2v) is 10.1. The minimum atomic E-state index is 0. The van der Waals surface area contributed by atoms with Gasteiger partial charge in [-0.3, -0.25) is 0 Å². The van der Waals surface area contributed by atoms with E-state index in [4.69, 9.17) is 4.52 Å². The molecule has 0 bridgehead atoms. The molecule has 0 saturated carbocycles. The third kappa shape index (κ3) is 5.03. The van der Waals surface area contributed by atoms with Gasteiger partial charge in [-0.05, 0) is 46.1 Å². The van der Waals surface area contributed by atoms with Crippen LogP contribution in [0, 0.1) is 12.3 Å². The van der Waals surface area contributed by atoms with Crippen LogP contribution in [0.2, 0.25) is 0 Å². The molecule has 0 aliphatic heterocycles. The van der Waals surface area contributed by atoms with E-state index < -0.39 is 0 Å². The van der Waals surface area contributed by atoms with Crippen LogP contribution in [-0.4, -0.2) is 15.1 Å². The molecule has 0 aliphatic carbocycles. The van der Waals surface area contributed by atoms with E-state index in [1.807, 2.05) is 60.0 Å². The van der Waals surface area contributed by atoms with Gasteiger partial charge in [-0.25, -0.2) is 0 Å². The van der Waals surface area contributed by atoms with E-state index in [1.165, 1.54) is 25.7 Å². The number of nitrogens with zero attached hydrogens (tertiary/aromatic N) is 3. The van der Waals surface area contributed by atoms with E-state index in [0.717, 1.165) is 33.5 Å². The summed E-state index contributed by atoms with van der Waals surface area (Å²) < 4.78 is 7.80. The van der Waals surface area contributed by atoms with Crippen LogP contribution >= 0.6 is 11.3 Å². The van der Waals surface area contributed by atoms with E-state index in [9.17, 15) is 0 Å². The van der Waals surface area contributed by atoms with Crippen molar-refractivity contribution in [3.8, 4) is 22.5 Å². The van der Waals surface area contributed by atoms with Crippen LogP contribution in [-0.2, 0) is 20.1 Å². The molecule has 38 heavy (non-hydrogen) atoms. The Balaban J connectivity index is 0.000000161. The van der Waals surface area contributed by atoms with E-state index in [1.54, 1.807) is 6.20 Å². The van der Waals surface area contributed by atoms with Crippen LogP contribution in [0.25, 0.3) is 53.7 Å². The summed E-state index contributed by atoms with van der Waals surface area (Å²) in [6.45, 7) is 4.42. The minimum Gasteiger partial charge on any atom is -0.366 e. The Kier molecular flexibility index (Phi) is 7.75. The van der Waals surface area contributed by atoms with Gasteiger partial charge in [0.05, 0.1) is 0 Å². The Hall–Kier alpha value is -3.70. The molecule has 4 aromatic heterocycles. The quantitative estimate of drug-likeness (QED) is 0.174. The monoisotopic (exact) mass is 690 g/mol. The number of hydrogen-bond donors (Lipinski definition) is 0. The standard InChI is InChI=1S/C20H16NS.C12H7N2O.Ir/c1-13(2)14-10-11-21-18(12-14)17-8-5-7-16-15-6-3-4-9-19(15)22-20(16)17;1-2-6-11-10(5-1)12(14-15-11)9-4-3-7-13-8-9;/h3-7,9-13H,1-2H3;1-7H;/q2*-1;. The molecule has 4 heterocycles. The molecular formula is C32H23IrN3OS-2. The van der Waals surface area contributed by atoms with Crippen LogP contribution in [0.5, 0.6) is 0 Å². The smallest absolute Gasteiger partial charge is 0.157 e. The van der Waals surface area contributed by atoms with Crippen molar-refractivity contribution in [2.45, 2.75) is 19.8 Å². The molecule has 6 heteroatoms. The van der Waals surface area contributed by atoms with Gasteiger partial charge in [0, 0.05) is 42.1 Å². The zero-order chi connectivity index (χ0) is 25.2. The molecule has 1 radical (unpaired) electrons. The summed E-state index contributed by atoms with van der Waals surface area (Å²) in [5.74, 6) is 0.503. The fourth-order valence-electron chi connectivity index (χ4n) is 4.36. The normalized spacial score (nSPS) is 10.9. The molecule has 0 amide bonds. The van der Waals surface area contributed by atoms with Gasteiger partial charge in [-0.1, -0.05) is 73.5 Å². The molecule has 7 rings (SSSR count). The maximum absolute atomic E-state index is 5.21. The van der Waals surface area contributed by atoms with Gasteiger partial charge in [-0.15, -0.1) is 46.6 Å². The average Bonchev–Trinajstić information content (AvgIpc) is 3.56. The first kappa shape index (κ1) is 25.9. The summed E-state index contributed by atoms with van der Waals surface area (Å²) in [6.07, 6.45) is 6.48. The Bertz CT molecular complexity index is 1830. The van der Waals surface area contributed by atoms with Crippen molar-refractivity contribution >= 4 is 42.5 Å². The fraction of sp³-hybridized carbons (Fsp3) is 0.0938. The minimum absolute atomic E-state index is 0. The number of para-hydroxylation sites is 1. The maximum Gasteiger partial charge on any atom is 0.157 e. The molecule has 0 saturated heterocycles. The Morgan fingerprint density at radius 3 is 2.47 bits per heavy atom. The van der Waals surface area contributed by atoms with Crippen molar-refractivity contribution in [1.29, 1.82) is 0 Å². The number of pyridine rings is 2. The third-order valence-electron chi connectivity index (χ3n) is 6.29. The largest absolute Gasteiger partial charge is 0.366 e. The molecule has 0 fully saturated rings. The second kappa shape index (κ2) is 11.4. The maximum atomic E-state index is 5.21. The van der Waals surface area contributed by atoms with Gasteiger partial charge in [0.25, 0.3) is 0 Å². The Morgan fingerprint density at radius 1 is 0.842 bits per heavy atom. The van der Waals surface area contributed by atoms with Gasteiger partial charge >= 0.3 is 0 Å². The molecule has 0 spiro atoms. The first-order chi connectivity index (χ1) is 18.2. The van der Waals surface area contributed by atoms with Gasteiger partial charge in [0.15, 0.2) is 5.58 Å². The zero-order valence-electron chi connectivity index (χ0n) is 20.8. The summed E-state index contributed by atoms with van der Waals surface area (Å²) in [7, 11) is 0. The van der Waals surface area contributed by atoms with E-state index in [-0.39, 0.29) is 20.1 Å². The van der Waals surface area contributed by atoms with Crippen molar-refractivity contribution in [1.82, 2.24) is 15.1 Å². The first-order valence-electron chi connectivity index (χ1n) is 12.1. The fourth-order valence-corrected chi connectivity index (χ4v) is 5.57. The number of benzene rings is 3. The zero-order valence-corrected chi connectivity index (χ0v) is 24.0. The molecule has 0 N–H and O–H groups in total. The van der Waals surface area contributed by atoms with Crippen molar-refractivity contribution in [2.24, 2.45) is 0 Å². The Morgan fingerprint density at radius 2 is 1.66 bits per heavy atom. The van der Waals surface area contributed by atoms with Gasteiger partial charge in [0.2, 0.25) is 0 Å². The van der Waals surface area contributed by atoms with Gasteiger partial charge in [0.1, 0.15) is 0 Å². The first-order valence-corrected chi connectivity index (χ1v) is 13.0. The van der Waals surface area contributed by atoms with Crippen molar-refractivity contribution < 1.29 is 24.6 Å². The van der Waals surface area contributed by atoms with Crippen LogP contribution in [0.4, 0.5) is 0 Å². The predicted octanol–water partition coefficient (Wildman–Crippen LogP) is 8.73. The summed E-state index contributed by atoms with van der Waals surface area (Å²) >= 11 is 1.83. The average molecular weight is 690 g/mol. The van der Waals surface area contributed by atoms with E-state index in [0.29, 0.717) is 5.92 Å². The molecule has 0 aliphatic rings. The number of aromatic nitrogens is 3. The molecular weight excluding hydrogens is 667 g/mol. The molecule has 3 aromatic carbocycles. The number of rotatable bonds is 3. The summed E-state index contributed by atoms with van der Waals surface area (Å²) in [5, 5.41) is 7.62. The molecule has 0 atom stereocenters. The SMILES string of the molecule is CC(C)c1ccnc(-c2[c-]ccc3c2sc2ccccc23)c1.[Ir].[c-]1ncccc1-c1noc2ccccc12. The third-order valence-corrected chi connectivity index (χ3v) is 7.49. The summed E-state index contributed by atoms with van der Waals surface area (Å²) in [4.78, 5) is 8.53. The van der Waals surface area contributed by atoms with Crippen molar-refractivity contribution in [3.63, 3.8) is 0 Å². The van der Waals surface area contributed by atoms with Crippen molar-refractivity contribution in [2.75, 3.05) is 0 Å². The second-order valence-electron chi connectivity index (χ2n) is 9.01. The van der Waals surface area contributed by atoms with Crippen molar-refractivity contribution in [3.05, 3.63) is 115 Å². The molecule has 0 unspecified atom stereocenters. The van der Waals surface area contributed by atoms with Crippen LogP contribution in [0.15, 0.2) is 102 Å². The summed E-state index contributed by atoms with van der Waals surface area (Å²) in [5.41, 5.74) is 5.87. The van der Waals surface area contributed by atoms with Gasteiger partial charge in [-0.2, -0.15) is 11.3 Å². The van der Waals surface area contributed by atoms with Crippen LogP contribution < -0.4 is 0 Å². The summed E-state index contributed by atoms with van der Waals surface area (Å²) in [6, 6.07) is 31.9. The topological polar surface area (TPSA) is 51.8 Å². The predicted molar refractivity (Wildman–Crippen MR) is 152 cm³/mol. The van der Waals surface area contributed by atoms with Crippen LogP contribution in [0.1, 0.15) is 25.3 Å². The van der Waals surface area contributed by atoms with E-state index >= 15 is 0 Å². The van der Waals surface area contributed by atoms with Crippen LogP contribution in [0.3, 0.4) is 0 Å². The number of thiophene rings is 1.